The fourth-order valence-corrected chi connectivity index (χ4v) is 5.21. The third-order valence-corrected chi connectivity index (χ3v) is 7.44. The zero-order valence-electron chi connectivity index (χ0n) is 17.9. The van der Waals surface area contributed by atoms with Crippen molar-refractivity contribution in [1.29, 1.82) is 0 Å². The first-order valence-corrected chi connectivity index (χ1v) is 11.2. The molecule has 1 aliphatic rings. The van der Waals surface area contributed by atoms with Gasteiger partial charge in [0.15, 0.2) is 5.76 Å². The number of aryl methyl sites for hydroxylation is 2. The van der Waals surface area contributed by atoms with Crippen molar-refractivity contribution in [3.8, 4) is 0 Å². The third kappa shape index (κ3) is 4.17. The van der Waals surface area contributed by atoms with Crippen LogP contribution in [0.25, 0.3) is 0 Å². The second-order valence-electron chi connectivity index (χ2n) is 8.51. The van der Waals surface area contributed by atoms with E-state index in [0.29, 0.717) is 11.3 Å². The Morgan fingerprint density at radius 1 is 1.00 bits per heavy atom. The van der Waals surface area contributed by atoms with Crippen LogP contribution in [-0.4, -0.2) is 60.6 Å². The van der Waals surface area contributed by atoms with Crippen LogP contribution in [-0.2, 0) is 20.2 Å². The lowest BCUT2D eigenvalue weighted by Gasteiger charge is -2.33. The minimum atomic E-state index is -3.77. The van der Waals surface area contributed by atoms with Crippen molar-refractivity contribution in [3.05, 3.63) is 46.8 Å². The van der Waals surface area contributed by atoms with Crippen LogP contribution in [0.2, 0.25) is 0 Å². The highest BCUT2D eigenvalue weighted by molar-refractivity contribution is 7.89. The number of Topliss-reactive ketones (excluding diaryl/α,β-unsaturated/α-hetero) is 1. The minimum Gasteiger partial charge on any atom is -0.360 e. The Labute approximate surface area is 176 Å². The molecule has 0 radical (unpaired) electrons. The molecule has 162 valence electrons. The molecular formula is C21H27N3O5S. The molecule has 9 heteroatoms. The van der Waals surface area contributed by atoms with Crippen molar-refractivity contribution in [2.24, 2.45) is 0 Å². The van der Waals surface area contributed by atoms with Crippen LogP contribution in [0.5, 0.6) is 0 Å². The average Bonchev–Trinajstić information content (AvgIpc) is 3.05. The van der Waals surface area contributed by atoms with E-state index >= 15 is 0 Å². The normalized spacial score (nSPS) is 16.0. The molecule has 0 aliphatic carbocycles. The molecule has 0 spiro atoms. The van der Waals surface area contributed by atoms with E-state index in [2.05, 4.69) is 25.9 Å². The van der Waals surface area contributed by atoms with Crippen LogP contribution in [0.4, 0.5) is 0 Å². The maximum Gasteiger partial charge on any atom is 0.295 e. The number of benzene rings is 1. The summed E-state index contributed by atoms with van der Waals surface area (Å²) in [5.41, 5.74) is 1.66. The number of carbonyl (C=O) groups excluding carboxylic acids is 2. The van der Waals surface area contributed by atoms with E-state index in [-0.39, 0.29) is 42.2 Å². The van der Waals surface area contributed by atoms with E-state index in [0.717, 1.165) is 5.56 Å². The van der Waals surface area contributed by atoms with Crippen molar-refractivity contribution in [2.45, 2.75) is 44.9 Å². The van der Waals surface area contributed by atoms with Crippen LogP contribution in [0, 0.1) is 13.8 Å². The first-order valence-electron chi connectivity index (χ1n) is 9.80. The lowest BCUT2D eigenvalue weighted by molar-refractivity contribution is -0.127. The topological polar surface area (TPSA) is 101 Å². The van der Waals surface area contributed by atoms with Gasteiger partial charge in [-0.3, -0.25) is 9.59 Å². The zero-order chi connectivity index (χ0) is 22.3. The number of nitrogens with zero attached hydrogens (tertiary/aromatic N) is 3. The average molecular weight is 434 g/mol. The number of carbonyl (C=O) groups is 2. The zero-order valence-corrected chi connectivity index (χ0v) is 18.7. The van der Waals surface area contributed by atoms with Crippen LogP contribution in [0.1, 0.15) is 48.1 Å². The van der Waals surface area contributed by atoms with Crippen LogP contribution < -0.4 is 0 Å². The molecule has 1 aliphatic heterocycles. The molecule has 1 aromatic heterocycles. The smallest absolute Gasteiger partial charge is 0.295 e. The molecule has 0 unspecified atom stereocenters. The largest absolute Gasteiger partial charge is 0.360 e. The summed E-state index contributed by atoms with van der Waals surface area (Å²) in [6.45, 7) is 9.85. The second-order valence-corrected chi connectivity index (χ2v) is 10.4. The summed E-state index contributed by atoms with van der Waals surface area (Å²) in [7, 11) is -3.77. The van der Waals surface area contributed by atoms with Crippen molar-refractivity contribution in [1.82, 2.24) is 14.4 Å². The summed E-state index contributed by atoms with van der Waals surface area (Å²) in [6, 6.07) is 7.04. The number of piperazine rings is 1. The van der Waals surface area contributed by atoms with Gasteiger partial charge in [-0.2, -0.15) is 4.31 Å². The Bertz CT molecular complexity index is 1040. The van der Waals surface area contributed by atoms with E-state index < -0.39 is 21.7 Å². The SMILES string of the molecule is Cc1noc(C)c1S(=O)(=O)N1CCN(C(=O)C(=O)c2ccc(C(C)(C)C)cc2)CC1. The Morgan fingerprint density at radius 2 is 1.57 bits per heavy atom. The van der Waals surface area contributed by atoms with E-state index in [4.69, 9.17) is 4.52 Å². The molecule has 1 aromatic carbocycles. The number of sulfonamides is 1. The highest BCUT2D eigenvalue weighted by atomic mass is 32.2. The first kappa shape index (κ1) is 22.2. The van der Waals surface area contributed by atoms with Gasteiger partial charge >= 0.3 is 0 Å². The number of ketones is 1. The van der Waals surface area contributed by atoms with Gasteiger partial charge in [-0.25, -0.2) is 8.42 Å². The number of amides is 1. The summed E-state index contributed by atoms with van der Waals surface area (Å²) in [5, 5.41) is 3.71. The maximum atomic E-state index is 12.9. The van der Waals surface area contributed by atoms with Gasteiger partial charge in [0, 0.05) is 31.7 Å². The lowest BCUT2D eigenvalue weighted by atomic mass is 9.86. The van der Waals surface area contributed by atoms with E-state index in [9.17, 15) is 18.0 Å². The summed E-state index contributed by atoms with van der Waals surface area (Å²) < 4.78 is 32.1. The molecule has 2 heterocycles. The molecule has 30 heavy (non-hydrogen) atoms. The van der Waals surface area contributed by atoms with Crippen molar-refractivity contribution in [2.75, 3.05) is 26.2 Å². The maximum absolute atomic E-state index is 12.9. The number of hydrogen-bond acceptors (Lipinski definition) is 6. The predicted molar refractivity (Wildman–Crippen MR) is 111 cm³/mol. The second kappa shape index (κ2) is 7.96. The minimum absolute atomic E-state index is 0.0470. The summed E-state index contributed by atoms with van der Waals surface area (Å²) in [5.74, 6) is -0.967. The molecule has 0 N–H and O–H groups in total. The lowest BCUT2D eigenvalue weighted by Crippen LogP contribution is -2.52. The Balaban J connectivity index is 1.67. The first-order chi connectivity index (χ1) is 13.9. The fourth-order valence-electron chi connectivity index (χ4n) is 3.49. The Morgan fingerprint density at radius 3 is 2.03 bits per heavy atom. The predicted octanol–water partition coefficient (Wildman–Crippen LogP) is 2.30. The van der Waals surface area contributed by atoms with Gasteiger partial charge in [-0.1, -0.05) is 50.2 Å². The van der Waals surface area contributed by atoms with Gasteiger partial charge in [0.25, 0.3) is 5.91 Å². The molecule has 0 atom stereocenters. The van der Waals surface area contributed by atoms with Gasteiger partial charge in [-0.05, 0) is 24.8 Å². The van der Waals surface area contributed by atoms with Crippen LogP contribution in [0.3, 0.4) is 0 Å². The van der Waals surface area contributed by atoms with Crippen LogP contribution in [0.15, 0.2) is 33.7 Å². The Kier molecular flexibility index (Phi) is 5.88. The molecule has 0 bridgehead atoms. The molecule has 2 aromatic rings. The Hall–Kier alpha value is -2.52. The summed E-state index contributed by atoms with van der Waals surface area (Å²) in [4.78, 5) is 26.7. The van der Waals surface area contributed by atoms with Crippen molar-refractivity contribution < 1.29 is 22.5 Å². The van der Waals surface area contributed by atoms with E-state index in [1.807, 2.05) is 12.1 Å². The highest BCUT2D eigenvalue weighted by Gasteiger charge is 2.35. The molecule has 8 nitrogen and oxygen atoms in total. The fraction of sp³-hybridized carbons (Fsp3) is 0.476. The van der Waals surface area contributed by atoms with Crippen molar-refractivity contribution in [3.63, 3.8) is 0 Å². The van der Waals surface area contributed by atoms with Gasteiger partial charge in [0.1, 0.15) is 10.6 Å². The van der Waals surface area contributed by atoms with Gasteiger partial charge in [0.05, 0.1) is 0 Å². The number of rotatable bonds is 4. The molecular weight excluding hydrogens is 406 g/mol. The van der Waals surface area contributed by atoms with E-state index in [1.54, 1.807) is 26.0 Å². The molecule has 3 rings (SSSR count). The van der Waals surface area contributed by atoms with Gasteiger partial charge in [-0.15, -0.1) is 0 Å². The standard InChI is InChI=1S/C21H27N3O5S/c1-14-19(15(2)29-22-14)30(27,28)24-12-10-23(11-13-24)20(26)18(25)16-6-8-17(9-7-16)21(3,4)5/h6-9H,10-13H2,1-5H3. The third-order valence-electron chi connectivity index (χ3n) is 5.30. The quantitative estimate of drug-likeness (QED) is 0.542. The summed E-state index contributed by atoms with van der Waals surface area (Å²) >= 11 is 0. The number of aromatic nitrogens is 1. The molecule has 0 saturated carbocycles. The summed E-state index contributed by atoms with van der Waals surface area (Å²) in [6.07, 6.45) is 0. The van der Waals surface area contributed by atoms with Gasteiger partial charge in [0.2, 0.25) is 15.8 Å². The van der Waals surface area contributed by atoms with E-state index in [1.165, 1.54) is 9.21 Å². The molecule has 1 amide bonds. The molecule has 1 saturated heterocycles. The molecule has 1 fully saturated rings. The number of hydrogen-bond donors (Lipinski definition) is 0. The monoisotopic (exact) mass is 433 g/mol. The van der Waals surface area contributed by atoms with Gasteiger partial charge < -0.3 is 9.42 Å². The van der Waals surface area contributed by atoms with Crippen LogP contribution >= 0.6 is 0 Å². The van der Waals surface area contributed by atoms with Crippen molar-refractivity contribution >= 4 is 21.7 Å². The highest BCUT2D eigenvalue weighted by Crippen LogP contribution is 2.25.